The van der Waals surface area contributed by atoms with Crippen molar-refractivity contribution in [2.75, 3.05) is 18.1 Å². The number of carboxylic acid groups (broad SMARTS) is 2. The molecule has 0 saturated carbocycles. The molecule has 8 N–H and O–H groups in total. The Hall–Kier alpha value is -1.39. The molecule has 0 aliphatic heterocycles. The summed E-state index contributed by atoms with van der Waals surface area (Å²) in [5.41, 5.74) is 16.1. The third-order valence-corrected chi connectivity index (χ3v) is 16.1. The normalized spacial score (nSPS) is 14.2. The molecule has 1 aromatic rings. The number of amides is 1. The van der Waals surface area contributed by atoms with Gasteiger partial charge in [-0.25, -0.2) is 0 Å². The van der Waals surface area contributed by atoms with Crippen LogP contribution in [0.15, 0.2) is 24.3 Å². The first-order chi connectivity index (χ1) is 12.2. The van der Waals surface area contributed by atoms with Crippen molar-refractivity contribution in [3.05, 3.63) is 24.3 Å². The van der Waals surface area contributed by atoms with Gasteiger partial charge < -0.3 is 0 Å². The molecule has 0 aromatic heterocycles. The van der Waals surface area contributed by atoms with Gasteiger partial charge in [0.15, 0.2) is 0 Å². The van der Waals surface area contributed by atoms with Crippen LogP contribution >= 0.6 is 20.0 Å². The van der Waals surface area contributed by atoms with Gasteiger partial charge in [0, 0.05) is 0 Å². The SMILES string of the molecule is NC(=O)COc1ccc([As](SCC(N)C(=O)O)SCC(N)C(=O)O)cc1. The second-order valence-corrected chi connectivity index (χ2v) is 16.6. The fraction of sp³-hybridized carbons (Fsp3) is 0.357. The van der Waals surface area contributed by atoms with Crippen LogP contribution < -0.4 is 26.3 Å². The zero-order chi connectivity index (χ0) is 19.7. The van der Waals surface area contributed by atoms with Crippen molar-refractivity contribution in [2.24, 2.45) is 17.2 Å². The number of nitrogens with two attached hydrogens (primary N) is 3. The summed E-state index contributed by atoms with van der Waals surface area (Å²) in [4.78, 5) is 32.5. The molecule has 0 fully saturated rings. The van der Waals surface area contributed by atoms with Crippen LogP contribution in [0.3, 0.4) is 0 Å². The predicted molar refractivity (Wildman–Crippen MR) is 103 cm³/mol. The van der Waals surface area contributed by atoms with Crippen molar-refractivity contribution in [1.29, 1.82) is 0 Å². The molecule has 0 saturated heterocycles. The number of primary amides is 1. The van der Waals surface area contributed by atoms with Crippen molar-refractivity contribution in [1.82, 2.24) is 0 Å². The molecule has 0 radical (unpaired) electrons. The molecule has 26 heavy (non-hydrogen) atoms. The number of rotatable bonds is 12. The first kappa shape index (κ1) is 22.6. The number of hydrogen-bond donors (Lipinski definition) is 5. The van der Waals surface area contributed by atoms with E-state index < -0.39 is 42.3 Å². The first-order valence-corrected chi connectivity index (χ1v) is 14.7. The van der Waals surface area contributed by atoms with E-state index in [0.29, 0.717) is 5.75 Å². The number of ether oxygens (including phenoxy) is 1. The van der Waals surface area contributed by atoms with Gasteiger partial charge in [-0.3, -0.25) is 0 Å². The second kappa shape index (κ2) is 11.3. The van der Waals surface area contributed by atoms with Gasteiger partial charge >= 0.3 is 161 Å². The zero-order valence-electron chi connectivity index (χ0n) is 13.6. The van der Waals surface area contributed by atoms with Gasteiger partial charge in [-0.05, 0) is 0 Å². The standard InChI is InChI=1S/C14H20AsN3O6S2/c16-10(13(20)21)6-25-15(26-7-11(17)14(22)23)8-1-3-9(4-2-8)24-5-12(18)19/h1-4,10-11H,5-7,16-17H2,(H2,18,19)(H,20,21)(H,22,23). The Labute approximate surface area is 161 Å². The van der Waals surface area contributed by atoms with Gasteiger partial charge in [0.05, 0.1) is 0 Å². The Morgan fingerprint density at radius 3 is 1.85 bits per heavy atom. The number of carbonyl (C=O) groups excluding carboxylic acids is 1. The van der Waals surface area contributed by atoms with E-state index in [2.05, 4.69) is 0 Å². The fourth-order valence-corrected chi connectivity index (χ4v) is 13.9. The summed E-state index contributed by atoms with van der Waals surface area (Å²) in [5, 5.41) is 17.8. The number of benzene rings is 1. The minimum absolute atomic E-state index is 0.213. The quantitative estimate of drug-likeness (QED) is 0.229. The van der Waals surface area contributed by atoms with Crippen LogP contribution in [0.4, 0.5) is 0 Å². The van der Waals surface area contributed by atoms with Gasteiger partial charge in [-0.1, -0.05) is 0 Å². The van der Waals surface area contributed by atoms with Crippen LogP contribution in [0.25, 0.3) is 0 Å². The maximum absolute atomic E-state index is 10.9. The van der Waals surface area contributed by atoms with Crippen LogP contribution in [0.2, 0.25) is 0 Å². The van der Waals surface area contributed by atoms with Gasteiger partial charge in [0.2, 0.25) is 0 Å². The van der Waals surface area contributed by atoms with E-state index in [9.17, 15) is 14.4 Å². The van der Waals surface area contributed by atoms with Crippen molar-refractivity contribution >= 4 is 54.6 Å². The van der Waals surface area contributed by atoms with E-state index in [-0.39, 0.29) is 18.1 Å². The van der Waals surface area contributed by atoms with Gasteiger partial charge in [0.25, 0.3) is 0 Å². The third-order valence-electron chi connectivity index (χ3n) is 2.81. The van der Waals surface area contributed by atoms with Crippen molar-refractivity contribution in [3.8, 4) is 5.75 Å². The molecule has 144 valence electrons. The average molecular weight is 465 g/mol. The summed E-state index contributed by atoms with van der Waals surface area (Å²) < 4.78 is 6.15. The Bertz CT molecular complexity index is 610. The number of carboxylic acids is 2. The Balaban J connectivity index is 2.79. The number of aliphatic carboxylic acids is 2. The van der Waals surface area contributed by atoms with E-state index in [1.54, 1.807) is 24.3 Å². The maximum atomic E-state index is 10.9. The summed E-state index contributed by atoms with van der Waals surface area (Å²) in [5.74, 6) is -1.86. The molecular formula is C14H20AsN3O6S2. The summed E-state index contributed by atoms with van der Waals surface area (Å²) in [7, 11) is 2.86. The van der Waals surface area contributed by atoms with Crippen molar-refractivity contribution in [2.45, 2.75) is 12.1 Å². The second-order valence-electron chi connectivity index (χ2n) is 4.99. The first-order valence-electron chi connectivity index (χ1n) is 7.24. The third kappa shape index (κ3) is 8.33. The summed E-state index contributed by atoms with van der Waals surface area (Å²) in [6.07, 6.45) is 0. The topological polar surface area (TPSA) is 179 Å². The molecule has 12 heteroatoms. The van der Waals surface area contributed by atoms with E-state index >= 15 is 0 Å². The van der Waals surface area contributed by atoms with E-state index in [1.165, 1.54) is 20.0 Å². The molecule has 1 aromatic carbocycles. The molecule has 0 aliphatic carbocycles. The van der Waals surface area contributed by atoms with Gasteiger partial charge in [-0.15, -0.1) is 0 Å². The molecule has 0 spiro atoms. The van der Waals surface area contributed by atoms with Crippen LogP contribution in [0, 0.1) is 0 Å². The van der Waals surface area contributed by atoms with Crippen LogP contribution in [0.5, 0.6) is 5.75 Å². The van der Waals surface area contributed by atoms with E-state index in [4.69, 9.17) is 32.2 Å². The summed E-state index contributed by atoms with van der Waals surface area (Å²) in [6.45, 7) is -0.231. The van der Waals surface area contributed by atoms with Crippen molar-refractivity contribution in [3.63, 3.8) is 0 Å². The predicted octanol–water partition coefficient (Wildman–Crippen LogP) is -1.46. The monoisotopic (exact) mass is 465 g/mol. The molecule has 2 unspecified atom stereocenters. The molecular weight excluding hydrogens is 445 g/mol. The number of hydrogen-bond acceptors (Lipinski definition) is 8. The molecule has 0 bridgehead atoms. The molecule has 0 aliphatic rings. The zero-order valence-corrected chi connectivity index (χ0v) is 17.1. The Morgan fingerprint density at radius 2 is 1.46 bits per heavy atom. The van der Waals surface area contributed by atoms with Gasteiger partial charge in [-0.2, -0.15) is 0 Å². The van der Waals surface area contributed by atoms with Crippen molar-refractivity contribution < 1.29 is 29.3 Å². The van der Waals surface area contributed by atoms with Crippen LogP contribution in [-0.2, 0) is 14.4 Å². The van der Waals surface area contributed by atoms with Crippen LogP contribution in [0.1, 0.15) is 0 Å². The molecule has 2 atom stereocenters. The average Bonchev–Trinajstić information content (AvgIpc) is 2.59. The summed E-state index contributed by atoms with van der Waals surface area (Å²) >= 11 is -1.93. The fourth-order valence-electron chi connectivity index (χ4n) is 1.44. The molecule has 1 rings (SSSR count). The van der Waals surface area contributed by atoms with E-state index in [0.717, 1.165) is 4.35 Å². The summed E-state index contributed by atoms with van der Waals surface area (Å²) in [6, 6.07) is 4.96. The van der Waals surface area contributed by atoms with E-state index in [1.807, 2.05) is 0 Å². The minimum atomic E-state index is -1.93. The van der Waals surface area contributed by atoms with Gasteiger partial charge in [0.1, 0.15) is 0 Å². The Morgan fingerprint density at radius 1 is 1.00 bits per heavy atom. The number of carbonyl (C=O) groups is 3. The molecule has 0 heterocycles. The molecule has 9 nitrogen and oxygen atoms in total. The Kier molecular flexibility index (Phi) is 9.89. The molecule has 1 amide bonds. The van der Waals surface area contributed by atoms with Crippen LogP contribution in [-0.4, -0.2) is 70.6 Å².